The number of likely N-dealkylation sites (tertiary alicyclic amines) is 1. The molecule has 3 N–H and O–H groups in total. The van der Waals surface area contributed by atoms with E-state index in [4.69, 9.17) is 4.11 Å². The number of nitrogens with one attached hydrogen (secondary N) is 1. The molecule has 1 heterocycles. The first-order chi connectivity index (χ1) is 14.6. The van der Waals surface area contributed by atoms with Crippen LogP contribution >= 0.6 is 0 Å². The van der Waals surface area contributed by atoms with E-state index in [9.17, 15) is 24.6 Å². The van der Waals surface area contributed by atoms with Crippen LogP contribution in [0.1, 0.15) is 48.6 Å². The summed E-state index contributed by atoms with van der Waals surface area (Å²) in [7, 11) is 0. The Labute approximate surface area is 168 Å². The fourth-order valence-electron chi connectivity index (χ4n) is 4.48. The predicted molar refractivity (Wildman–Crippen MR) is 103 cm³/mol. The number of amides is 1. The number of carbonyl (C=O) groups is 3. The van der Waals surface area contributed by atoms with Crippen LogP contribution in [0, 0.1) is 5.92 Å². The van der Waals surface area contributed by atoms with Gasteiger partial charge in [-0.2, -0.15) is 0 Å². The molecule has 1 saturated carbocycles. The second-order valence-corrected chi connectivity index (χ2v) is 7.61. The second-order valence-electron chi connectivity index (χ2n) is 7.61. The Morgan fingerprint density at radius 3 is 2.64 bits per heavy atom. The van der Waals surface area contributed by atoms with Crippen LogP contribution in [0.4, 0.5) is 0 Å². The minimum absolute atomic E-state index is 0.0376. The molecular weight excluding hydrogens is 361 g/mol. The largest absolute Gasteiger partial charge is 0.480 e. The van der Waals surface area contributed by atoms with Crippen molar-refractivity contribution in [2.75, 3.05) is 0 Å². The molecule has 1 saturated heterocycles. The van der Waals surface area contributed by atoms with Gasteiger partial charge in [-0.15, -0.1) is 0 Å². The SMILES string of the molecule is [2H][13C]([2H])([2H])[C@H](N[C@@H](CCc1ccccc1)C(=O)O)C(=O)N1[C@H](C(=O)O)C[C@@H]2CCC[C@@H]21. The van der Waals surface area contributed by atoms with E-state index < -0.39 is 42.8 Å². The number of carbonyl (C=O) groups excluding carboxylic acids is 1. The highest BCUT2D eigenvalue weighted by Crippen LogP contribution is 2.41. The van der Waals surface area contributed by atoms with E-state index in [-0.39, 0.29) is 18.4 Å². The van der Waals surface area contributed by atoms with Gasteiger partial charge in [0, 0.05) is 10.2 Å². The molecule has 1 aliphatic heterocycles. The summed E-state index contributed by atoms with van der Waals surface area (Å²) in [5, 5.41) is 21.8. The molecule has 1 aromatic rings. The zero-order valence-electron chi connectivity index (χ0n) is 18.6. The first kappa shape index (κ1) is 16.5. The van der Waals surface area contributed by atoms with Gasteiger partial charge in [-0.25, -0.2) is 4.79 Å². The van der Waals surface area contributed by atoms with Gasteiger partial charge in [0.25, 0.3) is 0 Å². The molecule has 7 nitrogen and oxygen atoms in total. The van der Waals surface area contributed by atoms with Crippen LogP contribution in [0.15, 0.2) is 30.3 Å². The average Bonchev–Trinajstić information content (AvgIpc) is 3.28. The number of hydrogen-bond acceptors (Lipinski definition) is 4. The highest BCUT2D eigenvalue weighted by Gasteiger charge is 2.49. The maximum absolute atomic E-state index is 13.3. The first-order valence-corrected chi connectivity index (χ1v) is 9.67. The maximum atomic E-state index is 13.3. The molecule has 0 aromatic heterocycles. The van der Waals surface area contributed by atoms with E-state index in [0.717, 1.165) is 18.4 Å². The van der Waals surface area contributed by atoms with Crippen molar-refractivity contribution in [3.05, 3.63) is 35.9 Å². The van der Waals surface area contributed by atoms with Crippen LogP contribution in [-0.2, 0) is 20.8 Å². The third-order valence-electron chi connectivity index (χ3n) is 5.85. The third-order valence-corrected chi connectivity index (χ3v) is 5.85. The van der Waals surface area contributed by atoms with Crippen LogP contribution in [-0.4, -0.2) is 57.1 Å². The van der Waals surface area contributed by atoms with Crippen LogP contribution in [0.25, 0.3) is 0 Å². The van der Waals surface area contributed by atoms with E-state index in [2.05, 4.69) is 5.32 Å². The molecule has 1 amide bonds. The van der Waals surface area contributed by atoms with Crippen molar-refractivity contribution in [3.63, 3.8) is 0 Å². The molecule has 0 bridgehead atoms. The number of carboxylic acids is 2. The topological polar surface area (TPSA) is 107 Å². The summed E-state index contributed by atoms with van der Waals surface area (Å²) in [5.41, 5.74) is 0.895. The number of fused-ring (bicyclic) bond motifs is 1. The van der Waals surface area contributed by atoms with E-state index in [1.165, 1.54) is 4.90 Å². The number of nitrogens with zero attached hydrogens (tertiary/aromatic N) is 1. The third kappa shape index (κ3) is 4.35. The van der Waals surface area contributed by atoms with E-state index in [0.29, 0.717) is 19.3 Å². The van der Waals surface area contributed by atoms with E-state index in [1.807, 2.05) is 30.3 Å². The highest BCUT2D eigenvalue weighted by atomic mass is 16.4. The summed E-state index contributed by atoms with van der Waals surface area (Å²) < 4.78 is 23.6. The van der Waals surface area contributed by atoms with Gasteiger partial charge in [0.1, 0.15) is 12.1 Å². The molecule has 5 atom stereocenters. The number of hydrogen-bond donors (Lipinski definition) is 3. The number of carboxylic acid groups (broad SMARTS) is 2. The Balaban J connectivity index is 1.80. The zero-order valence-corrected chi connectivity index (χ0v) is 15.6. The lowest BCUT2D eigenvalue weighted by Crippen LogP contribution is -2.55. The molecule has 0 unspecified atom stereocenters. The molecule has 3 rings (SSSR count). The van der Waals surface area contributed by atoms with Crippen molar-refractivity contribution in [1.29, 1.82) is 0 Å². The minimum atomic E-state index is -2.82. The number of rotatable bonds is 8. The summed E-state index contributed by atoms with van der Waals surface area (Å²) in [6, 6.07) is 4.72. The van der Waals surface area contributed by atoms with Gasteiger partial charge in [-0.1, -0.05) is 36.8 Å². The first-order valence-electron chi connectivity index (χ1n) is 11.2. The minimum Gasteiger partial charge on any atom is -0.480 e. The summed E-state index contributed by atoms with van der Waals surface area (Å²) in [5.74, 6) is -3.23. The lowest BCUT2D eigenvalue weighted by molar-refractivity contribution is -0.151. The molecule has 7 heteroatoms. The normalized spacial score (nSPS) is 27.9. The quantitative estimate of drug-likeness (QED) is 0.584. The van der Waals surface area contributed by atoms with Gasteiger partial charge >= 0.3 is 11.9 Å². The Bertz CT molecular complexity index is 817. The van der Waals surface area contributed by atoms with Gasteiger partial charge in [-0.05, 0) is 50.4 Å². The molecule has 0 spiro atoms. The summed E-state index contributed by atoms with van der Waals surface area (Å²) >= 11 is 0. The van der Waals surface area contributed by atoms with Crippen LogP contribution < -0.4 is 5.32 Å². The monoisotopic (exact) mass is 392 g/mol. The molecule has 1 aliphatic carbocycles. The van der Waals surface area contributed by atoms with E-state index >= 15 is 0 Å². The van der Waals surface area contributed by atoms with Crippen molar-refractivity contribution in [3.8, 4) is 0 Å². The molecule has 0 radical (unpaired) electrons. The van der Waals surface area contributed by atoms with Crippen molar-refractivity contribution >= 4 is 17.8 Å². The lowest BCUT2D eigenvalue weighted by atomic mass is 10.0. The van der Waals surface area contributed by atoms with Crippen molar-refractivity contribution in [1.82, 2.24) is 10.2 Å². The Kier molecular flexibility index (Phi) is 5.16. The number of benzene rings is 1. The highest BCUT2D eigenvalue weighted by molar-refractivity contribution is 5.88. The van der Waals surface area contributed by atoms with Gasteiger partial charge in [0.15, 0.2) is 0 Å². The fourth-order valence-corrected chi connectivity index (χ4v) is 4.48. The van der Waals surface area contributed by atoms with Gasteiger partial charge in [0.2, 0.25) is 5.91 Å². The molecule has 2 fully saturated rings. The molecule has 2 aliphatic rings. The zero-order chi connectivity index (χ0) is 22.8. The standard InChI is InChI=1S/C21H28N2O5/c1-13(22-16(20(25)26)11-10-14-6-3-2-4-7-14)19(24)23-17-9-5-8-15(17)12-18(23)21(27)28/h2-4,6-7,13,15-18,22H,5,8-12H2,1H3,(H,25,26)(H,27,28)/t13-,15-,16-,17-,18-/m0/s1/i1+1D3. The number of aryl methyl sites for hydroxylation is 1. The van der Waals surface area contributed by atoms with E-state index in [1.54, 1.807) is 0 Å². The van der Waals surface area contributed by atoms with Crippen LogP contribution in [0.2, 0.25) is 0 Å². The smallest absolute Gasteiger partial charge is 0.326 e. The summed E-state index contributed by atoms with van der Waals surface area (Å²) in [4.78, 5) is 38.1. The average molecular weight is 392 g/mol. The van der Waals surface area contributed by atoms with Crippen LogP contribution in [0.3, 0.4) is 0 Å². The molecular formula is C21H28N2O5. The summed E-state index contributed by atoms with van der Waals surface area (Å²) in [6.45, 7) is -2.82. The van der Waals surface area contributed by atoms with Gasteiger partial charge in [-0.3, -0.25) is 14.9 Å². The van der Waals surface area contributed by atoms with Crippen LogP contribution in [0.5, 0.6) is 0 Å². The predicted octanol–water partition coefficient (Wildman–Crippen LogP) is 1.90. The molecule has 152 valence electrons. The molecule has 28 heavy (non-hydrogen) atoms. The Morgan fingerprint density at radius 2 is 2.00 bits per heavy atom. The fraction of sp³-hybridized carbons (Fsp3) is 0.571. The van der Waals surface area contributed by atoms with Crippen molar-refractivity contribution < 1.29 is 28.7 Å². The maximum Gasteiger partial charge on any atom is 0.326 e. The van der Waals surface area contributed by atoms with Gasteiger partial charge in [0.05, 0.1) is 6.04 Å². The molecule has 1 aromatic carbocycles. The Hall–Kier alpha value is -2.41. The number of aliphatic carboxylic acids is 2. The lowest BCUT2D eigenvalue weighted by Gasteiger charge is -2.31. The van der Waals surface area contributed by atoms with Crippen molar-refractivity contribution in [2.45, 2.75) is 69.5 Å². The van der Waals surface area contributed by atoms with Gasteiger partial charge < -0.3 is 15.1 Å². The summed E-state index contributed by atoms with van der Waals surface area (Å²) in [6.07, 6.45) is 3.07. The second kappa shape index (κ2) is 8.73. The Morgan fingerprint density at radius 1 is 1.25 bits per heavy atom. The van der Waals surface area contributed by atoms with Crippen molar-refractivity contribution in [2.24, 2.45) is 5.92 Å².